The summed E-state index contributed by atoms with van der Waals surface area (Å²) in [7, 11) is -3.00. The van der Waals surface area contributed by atoms with Crippen LogP contribution < -0.4 is 5.32 Å². The van der Waals surface area contributed by atoms with Gasteiger partial charge >= 0.3 is 0 Å². The van der Waals surface area contributed by atoms with Gasteiger partial charge in [-0.05, 0) is 19.1 Å². The van der Waals surface area contributed by atoms with Crippen LogP contribution in [0.5, 0.6) is 0 Å². The van der Waals surface area contributed by atoms with Crippen LogP contribution in [0.15, 0.2) is 18.2 Å². The third-order valence-electron chi connectivity index (χ3n) is 4.38. The van der Waals surface area contributed by atoms with E-state index in [9.17, 15) is 18.0 Å². The summed E-state index contributed by atoms with van der Waals surface area (Å²) in [5.74, 6) is -0.548. The van der Waals surface area contributed by atoms with Gasteiger partial charge in [-0.25, -0.2) is 8.42 Å². The van der Waals surface area contributed by atoms with E-state index in [4.69, 9.17) is 23.2 Å². The first-order chi connectivity index (χ1) is 12.6. The van der Waals surface area contributed by atoms with Crippen molar-refractivity contribution in [2.45, 2.75) is 13.0 Å². The highest BCUT2D eigenvalue weighted by molar-refractivity contribution is 7.90. The van der Waals surface area contributed by atoms with Crippen LogP contribution in [0.4, 0.5) is 0 Å². The summed E-state index contributed by atoms with van der Waals surface area (Å²) in [4.78, 5) is 28.6. The molecule has 0 saturated carbocycles. The molecular formula is C17H23Cl2N3O4S. The molecule has 1 aliphatic rings. The summed E-state index contributed by atoms with van der Waals surface area (Å²) in [5, 5.41) is 3.07. The Labute approximate surface area is 169 Å². The monoisotopic (exact) mass is 435 g/mol. The van der Waals surface area contributed by atoms with Crippen molar-refractivity contribution in [3.8, 4) is 0 Å². The number of nitrogens with zero attached hydrogens (tertiary/aromatic N) is 2. The third-order valence-corrected chi connectivity index (χ3v) is 6.12. The van der Waals surface area contributed by atoms with Gasteiger partial charge in [-0.2, -0.15) is 0 Å². The summed E-state index contributed by atoms with van der Waals surface area (Å²) >= 11 is 12.0. The maximum atomic E-state index is 12.6. The topological polar surface area (TPSA) is 86.8 Å². The molecule has 0 aliphatic carbocycles. The zero-order valence-corrected chi connectivity index (χ0v) is 17.6. The molecule has 0 bridgehead atoms. The third kappa shape index (κ3) is 6.34. The van der Waals surface area contributed by atoms with Crippen LogP contribution in [-0.4, -0.2) is 80.8 Å². The summed E-state index contributed by atoms with van der Waals surface area (Å²) in [6.45, 7) is 4.25. The minimum Gasteiger partial charge on any atom is -0.340 e. The van der Waals surface area contributed by atoms with Crippen molar-refractivity contribution in [3.63, 3.8) is 0 Å². The average Bonchev–Trinajstić information content (AvgIpc) is 2.61. The Morgan fingerprint density at radius 1 is 1.19 bits per heavy atom. The average molecular weight is 436 g/mol. The molecule has 7 nitrogen and oxygen atoms in total. The van der Waals surface area contributed by atoms with E-state index in [1.54, 1.807) is 30.0 Å². The number of piperazine rings is 1. The number of carbonyl (C=O) groups is 2. The van der Waals surface area contributed by atoms with E-state index in [0.29, 0.717) is 32.7 Å². The van der Waals surface area contributed by atoms with Crippen LogP contribution >= 0.6 is 23.2 Å². The lowest BCUT2D eigenvalue weighted by molar-refractivity contribution is -0.134. The fourth-order valence-electron chi connectivity index (χ4n) is 2.78. The number of nitrogens with one attached hydrogen (secondary N) is 1. The number of hydrogen-bond acceptors (Lipinski definition) is 5. The molecule has 27 heavy (non-hydrogen) atoms. The number of sulfone groups is 1. The Morgan fingerprint density at radius 2 is 1.81 bits per heavy atom. The highest BCUT2D eigenvalue weighted by Crippen LogP contribution is 2.25. The Balaban J connectivity index is 1.87. The Kier molecular flexibility index (Phi) is 7.50. The minimum absolute atomic E-state index is 0.105. The first-order valence-electron chi connectivity index (χ1n) is 8.52. The van der Waals surface area contributed by atoms with Gasteiger partial charge in [0.1, 0.15) is 15.9 Å². The molecule has 1 aromatic rings. The molecule has 1 heterocycles. The van der Waals surface area contributed by atoms with Gasteiger partial charge in [-0.1, -0.05) is 29.3 Å². The van der Waals surface area contributed by atoms with Gasteiger partial charge in [0, 0.05) is 39.0 Å². The van der Waals surface area contributed by atoms with Crippen LogP contribution in [0.1, 0.15) is 17.3 Å². The molecule has 1 aliphatic heterocycles. The van der Waals surface area contributed by atoms with Gasteiger partial charge in [-0.3, -0.25) is 14.5 Å². The van der Waals surface area contributed by atoms with Gasteiger partial charge < -0.3 is 10.2 Å². The molecule has 10 heteroatoms. The summed E-state index contributed by atoms with van der Waals surface area (Å²) < 4.78 is 22.5. The second-order valence-electron chi connectivity index (χ2n) is 6.59. The fraction of sp³-hybridized carbons (Fsp3) is 0.529. The molecule has 1 unspecified atom stereocenters. The highest BCUT2D eigenvalue weighted by atomic mass is 35.5. The van der Waals surface area contributed by atoms with E-state index in [1.165, 1.54) is 6.26 Å². The van der Waals surface area contributed by atoms with E-state index in [2.05, 4.69) is 5.32 Å². The molecule has 1 aromatic carbocycles. The largest absolute Gasteiger partial charge is 0.340 e. The van der Waals surface area contributed by atoms with Crippen LogP contribution in [0.25, 0.3) is 0 Å². The van der Waals surface area contributed by atoms with E-state index in [-0.39, 0.29) is 27.3 Å². The minimum atomic E-state index is -3.00. The first-order valence-corrected chi connectivity index (χ1v) is 11.3. The lowest BCUT2D eigenvalue weighted by Crippen LogP contribution is -2.54. The lowest BCUT2D eigenvalue weighted by Gasteiger charge is -2.35. The molecule has 1 atom stereocenters. The van der Waals surface area contributed by atoms with Gasteiger partial charge in [0.25, 0.3) is 5.91 Å². The first kappa shape index (κ1) is 21.9. The number of amides is 2. The maximum absolute atomic E-state index is 12.6. The zero-order chi connectivity index (χ0) is 20.2. The summed E-state index contributed by atoms with van der Waals surface area (Å²) in [6.07, 6.45) is 1.21. The number of carbonyl (C=O) groups excluding carboxylic acids is 2. The van der Waals surface area contributed by atoms with Crippen LogP contribution in [0.3, 0.4) is 0 Å². The molecule has 0 spiro atoms. The number of rotatable bonds is 6. The molecule has 0 aromatic heterocycles. The lowest BCUT2D eigenvalue weighted by atomic mass is 10.2. The molecule has 1 fully saturated rings. The van der Waals surface area contributed by atoms with Crippen molar-refractivity contribution in [3.05, 3.63) is 33.8 Å². The van der Waals surface area contributed by atoms with E-state index in [1.807, 2.05) is 4.90 Å². The zero-order valence-electron chi connectivity index (χ0n) is 15.2. The molecule has 150 valence electrons. The summed E-state index contributed by atoms with van der Waals surface area (Å²) in [6, 6.07) is 4.03. The molecule has 0 radical (unpaired) electrons. The van der Waals surface area contributed by atoms with Crippen molar-refractivity contribution >= 4 is 44.9 Å². The van der Waals surface area contributed by atoms with Gasteiger partial charge in [0.05, 0.1) is 21.4 Å². The SMILES string of the molecule is CC(NC(=O)c1cccc(Cl)c1Cl)C(=O)N1CCN(CCS(C)(=O)=O)CC1. The standard InChI is InChI=1S/C17H23Cl2N3O4S/c1-12(20-16(23)13-4-3-5-14(18)15(13)19)17(24)22-8-6-21(7-9-22)10-11-27(2,25)26/h3-5,12H,6-11H2,1-2H3,(H,20,23). The van der Waals surface area contributed by atoms with Crippen molar-refractivity contribution in [1.29, 1.82) is 0 Å². The van der Waals surface area contributed by atoms with Crippen molar-refractivity contribution in [2.24, 2.45) is 0 Å². The molecule has 1 saturated heterocycles. The second-order valence-corrected chi connectivity index (χ2v) is 9.64. The van der Waals surface area contributed by atoms with Crippen molar-refractivity contribution in [2.75, 3.05) is 44.7 Å². The Bertz CT molecular complexity index is 808. The Morgan fingerprint density at radius 3 is 2.41 bits per heavy atom. The van der Waals surface area contributed by atoms with Gasteiger partial charge in [0.2, 0.25) is 5.91 Å². The second kappa shape index (κ2) is 9.23. The van der Waals surface area contributed by atoms with Crippen LogP contribution in [0.2, 0.25) is 10.0 Å². The van der Waals surface area contributed by atoms with Crippen LogP contribution in [0, 0.1) is 0 Å². The van der Waals surface area contributed by atoms with Gasteiger partial charge in [-0.15, -0.1) is 0 Å². The molecular weight excluding hydrogens is 413 g/mol. The number of hydrogen-bond donors (Lipinski definition) is 1. The smallest absolute Gasteiger partial charge is 0.253 e. The molecule has 2 amide bonds. The van der Waals surface area contributed by atoms with Crippen LogP contribution in [-0.2, 0) is 14.6 Å². The summed E-state index contributed by atoms with van der Waals surface area (Å²) in [5.41, 5.74) is 0.217. The molecule has 2 rings (SSSR count). The number of benzene rings is 1. The van der Waals surface area contributed by atoms with E-state index in [0.717, 1.165) is 0 Å². The van der Waals surface area contributed by atoms with Crippen molar-refractivity contribution < 1.29 is 18.0 Å². The predicted octanol–water partition coefficient (Wildman–Crippen LogP) is 1.30. The predicted molar refractivity (Wildman–Crippen MR) is 106 cm³/mol. The van der Waals surface area contributed by atoms with Crippen molar-refractivity contribution in [1.82, 2.24) is 15.1 Å². The number of halogens is 2. The normalized spacial score (nSPS) is 16.8. The molecule has 1 N–H and O–H groups in total. The highest BCUT2D eigenvalue weighted by Gasteiger charge is 2.27. The maximum Gasteiger partial charge on any atom is 0.253 e. The Hall–Kier alpha value is -1.35. The quantitative estimate of drug-likeness (QED) is 0.727. The van der Waals surface area contributed by atoms with E-state index < -0.39 is 21.8 Å². The van der Waals surface area contributed by atoms with Gasteiger partial charge in [0.15, 0.2) is 0 Å². The fourth-order valence-corrected chi connectivity index (χ4v) is 3.75. The van der Waals surface area contributed by atoms with E-state index >= 15 is 0 Å².